The number of imidazole rings is 1. The molecule has 0 radical (unpaired) electrons. The summed E-state index contributed by atoms with van der Waals surface area (Å²) in [5.74, 6) is -0.964. The van der Waals surface area contributed by atoms with Crippen molar-refractivity contribution in [2.45, 2.75) is 148 Å². The Balaban J connectivity index is 0.641. The van der Waals surface area contributed by atoms with Crippen LogP contribution in [0.1, 0.15) is 150 Å². The highest BCUT2D eigenvalue weighted by Gasteiger charge is 2.45. The van der Waals surface area contributed by atoms with Gasteiger partial charge in [-0.3, -0.25) is 33.5 Å². The maximum absolute atomic E-state index is 15.7. The van der Waals surface area contributed by atoms with Crippen molar-refractivity contribution in [1.29, 1.82) is 0 Å². The number of hydrogen-bond donors (Lipinski definition) is 5. The van der Waals surface area contributed by atoms with Crippen LogP contribution in [-0.4, -0.2) is 130 Å². The summed E-state index contributed by atoms with van der Waals surface area (Å²) in [6, 6.07) is 10.3. The Morgan fingerprint density at radius 1 is 0.859 bits per heavy atom. The van der Waals surface area contributed by atoms with Crippen LogP contribution in [0.25, 0.3) is 27.3 Å². The summed E-state index contributed by atoms with van der Waals surface area (Å²) in [6.07, 6.45) is 16.6. The minimum atomic E-state index is -0.879. The van der Waals surface area contributed by atoms with Gasteiger partial charge in [0.05, 0.1) is 57.7 Å². The number of piperazine rings is 1. The summed E-state index contributed by atoms with van der Waals surface area (Å²) in [5, 5.41) is 26.7. The number of thiazole rings is 1. The average Bonchev–Trinajstić information content (AvgIpc) is 3.86. The van der Waals surface area contributed by atoms with E-state index in [1.807, 2.05) is 79.9 Å². The Labute approximate surface area is 459 Å². The van der Waals surface area contributed by atoms with Gasteiger partial charge < -0.3 is 35.8 Å². The molecule has 4 atom stereocenters. The van der Waals surface area contributed by atoms with E-state index in [9.17, 15) is 29.1 Å². The summed E-state index contributed by atoms with van der Waals surface area (Å²) >= 11 is 1.58. The van der Waals surface area contributed by atoms with Crippen LogP contribution in [0.3, 0.4) is 0 Å². The number of anilines is 2. The fourth-order valence-corrected chi connectivity index (χ4v) is 11.3. The highest BCUT2D eigenvalue weighted by molar-refractivity contribution is 7.13. The molecule has 4 aromatic heterocycles. The molecule has 0 spiro atoms. The number of nitrogens with zero attached hydrogens (tertiary/aromatic N) is 8. The maximum Gasteiger partial charge on any atom is 0.254 e. The smallest absolute Gasteiger partial charge is 0.254 e. The zero-order valence-electron chi connectivity index (χ0n) is 45.4. The van der Waals surface area contributed by atoms with E-state index in [1.165, 1.54) is 11.0 Å². The third-order valence-electron chi connectivity index (χ3n) is 15.3. The second-order valence-corrected chi connectivity index (χ2v) is 23.2. The van der Waals surface area contributed by atoms with E-state index in [1.54, 1.807) is 47.0 Å². The van der Waals surface area contributed by atoms with Gasteiger partial charge in [-0.15, -0.1) is 11.3 Å². The van der Waals surface area contributed by atoms with E-state index in [0.29, 0.717) is 56.4 Å². The van der Waals surface area contributed by atoms with Gasteiger partial charge in [-0.1, -0.05) is 83.6 Å². The number of aromatic nitrogens is 6. The van der Waals surface area contributed by atoms with Gasteiger partial charge in [0, 0.05) is 81.4 Å². The molecule has 18 nitrogen and oxygen atoms in total. The first-order chi connectivity index (χ1) is 37.5. The lowest BCUT2D eigenvalue weighted by Gasteiger charge is -2.35. The van der Waals surface area contributed by atoms with Crippen molar-refractivity contribution in [2.24, 2.45) is 5.41 Å². The number of carbonyl (C=O) groups excluding carboxylic acids is 5. The number of halogens is 1. The average molecular weight is 1090 g/mol. The quantitative estimate of drug-likeness (QED) is 0.0404. The van der Waals surface area contributed by atoms with Crippen molar-refractivity contribution in [3.8, 4) is 21.7 Å². The van der Waals surface area contributed by atoms with Gasteiger partial charge >= 0.3 is 0 Å². The topological polar surface area (TPSA) is 223 Å². The first kappa shape index (κ1) is 55.7. The molecule has 20 heteroatoms. The number of β-amino-alcohol motifs (C(OH)–C–C–N with tert-alkyl or cyclic N) is 1. The van der Waals surface area contributed by atoms with Crippen LogP contribution >= 0.6 is 11.3 Å². The lowest BCUT2D eigenvalue weighted by Crippen LogP contribution is -2.57. The van der Waals surface area contributed by atoms with Crippen molar-refractivity contribution in [1.82, 2.24) is 54.9 Å². The van der Waals surface area contributed by atoms with E-state index in [0.717, 1.165) is 96.4 Å². The van der Waals surface area contributed by atoms with Gasteiger partial charge in [-0.2, -0.15) is 5.10 Å². The molecule has 0 unspecified atom stereocenters. The number of aliphatic hydroxyl groups is 1. The van der Waals surface area contributed by atoms with Crippen LogP contribution < -0.4 is 16.0 Å². The number of carbonyl (C=O) groups is 5. The number of amides is 5. The largest absolute Gasteiger partial charge is 0.391 e. The Hall–Kier alpha value is -7.06. The first-order valence-electron chi connectivity index (χ1n) is 27.6. The summed E-state index contributed by atoms with van der Waals surface area (Å²) in [5.41, 5.74) is 7.68. The van der Waals surface area contributed by atoms with Crippen LogP contribution in [0, 0.1) is 18.2 Å². The van der Waals surface area contributed by atoms with E-state index >= 15 is 4.39 Å². The molecule has 414 valence electrons. The van der Waals surface area contributed by atoms with Crippen LogP contribution in [0.5, 0.6) is 0 Å². The number of H-pyrrole nitrogens is 1. The number of fused-ring (bicyclic) bond motifs is 1. The molecule has 2 aromatic carbocycles. The van der Waals surface area contributed by atoms with Crippen LogP contribution in [-0.2, 0) is 19.2 Å². The van der Waals surface area contributed by atoms with Crippen molar-refractivity contribution >= 4 is 58.0 Å². The van der Waals surface area contributed by atoms with E-state index in [-0.39, 0.29) is 66.2 Å². The minimum absolute atomic E-state index is 0.0119. The fourth-order valence-electron chi connectivity index (χ4n) is 10.5. The number of aromatic amines is 1. The third-order valence-corrected chi connectivity index (χ3v) is 16.3. The standard InChI is InChI=1S/C58H73FN12O6S/c1-36(38-16-20-40(21-17-38)51-37(2)61-35-78-51)64-55(75)47-29-43(72)33-71(47)57(77)52(58(3,4)5)67-49(73)14-12-10-8-6-7-9-11-13-15-50(74)68-24-26-69(27-25-68)56(76)41-22-23-45(44(59)28-41)65-53-54-60-32-48(42-30-62-63-31-42)70(54)34-46(66-53)39-18-19-39/h16-17,20-23,28,30-32,34-36,39,43,47,52,72H,6-15,18-19,24-27,29,33H2,1-5H3,(H,62,63)(H,64,75)(H,65,66)(H,67,73)/t36-,43+,47-,52+/m0/s1. The van der Waals surface area contributed by atoms with Crippen molar-refractivity contribution in [3.63, 3.8) is 0 Å². The highest BCUT2D eigenvalue weighted by Crippen LogP contribution is 2.41. The normalized spacial score (nSPS) is 17.6. The number of nitrogens with one attached hydrogen (secondary N) is 4. The van der Waals surface area contributed by atoms with E-state index < -0.39 is 29.4 Å². The number of hydrogen-bond acceptors (Lipinski definition) is 12. The number of unbranched alkanes of at least 4 members (excludes halogenated alkanes) is 7. The van der Waals surface area contributed by atoms with E-state index in [4.69, 9.17) is 4.98 Å². The van der Waals surface area contributed by atoms with Gasteiger partial charge in [0.1, 0.15) is 17.9 Å². The molecule has 9 rings (SSSR count). The second-order valence-electron chi connectivity index (χ2n) is 22.3. The Kier molecular flexibility index (Phi) is 17.7. The first-order valence-corrected chi connectivity index (χ1v) is 28.5. The summed E-state index contributed by atoms with van der Waals surface area (Å²) in [4.78, 5) is 87.4. The second kappa shape index (κ2) is 24.7. The number of benzene rings is 2. The van der Waals surface area contributed by atoms with Crippen LogP contribution in [0.4, 0.5) is 15.9 Å². The molecule has 0 bridgehead atoms. The molecule has 5 amide bonds. The number of rotatable bonds is 22. The van der Waals surface area contributed by atoms with E-state index in [2.05, 4.69) is 36.1 Å². The van der Waals surface area contributed by atoms with Gasteiger partial charge in [-0.05, 0) is 74.3 Å². The molecule has 1 aliphatic carbocycles. The maximum atomic E-state index is 15.7. The lowest BCUT2D eigenvalue weighted by atomic mass is 9.85. The third kappa shape index (κ3) is 13.4. The summed E-state index contributed by atoms with van der Waals surface area (Å²) in [7, 11) is 0. The Bertz CT molecular complexity index is 3070. The van der Waals surface area contributed by atoms with Crippen LogP contribution in [0.2, 0.25) is 0 Å². The number of aliphatic hydroxyl groups excluding tert-OH is 1. The van der Waals surface area contributed by atoms with Gasteiger partial charge in [0.25, 0.3) is 5.91 Å². The molecule has 3 fully saturated rings. The summed E-state index contributed by atoms with van der Waals surface area (Å²) < 4.78 is 17.6. The number of likely N-dealkylation sites (tertiary alicyclic amines) is 1. The van der Waals surface area contributed by atoms with Gasteiger partial charge in [0.15, 0.2) is 11.5 Å². The summed E-state index contributed by atoms with van der Waals surface area (Å²) in [6.45, 7) is 11.1. The van der Waals surface area contributed by atoms with Crippen LogP contribution in [0.15, 0.2) is 72.8 Å². The molecule has 2 aliphatic heterocycles. The Morgan fingerprint density at radius 2 is 1.55 bits per heavy atom. The predicted octanol–water partition coefficient (Wildman–Crippen LogP) is 8.87. The predicted molar refractivity (Wildman–Crippen MR) is 297 cm³/mol. The molecular weight excluding hydrogens is 1010 g/mol. The molecule has 2 saturated heterocycles. The number of aryl methyl sites for hydroxylation is 1. The molecule has 5 N–H and O–H groups in total. The van der Waals surface area contributed by atoms with Crippen molar-refractivity contribution in [2.75, 3.05) is 38.0 Å². The monoisotopic (exact) mass is 1080 g/mol. The molecular formula is C58H73FN12O6S. The SMILES string of the molecule is Cc1ncsc1-c1ccc([C@H](C)NC(=O)[C@@H]2C[C@@H](O)CN2C(=O)[C@@H](NC(=O)CCCCCCCCCCC(=O)N2CCN(C(=O)c3ccc(Nc4nc(C5CC5)cn5c(-c6cn[nH]c6)cnc45)c(F)c3)CC2)C(C)(C)C)cc1. The fraction of sp³-hybridized carbons (Fsp3) is 0.500. The lowest BCUT2D eigenvalue weighted by molar-refractivity contribution is -0.144. The molecule has 6 heterocycles. The van der Waals surface area contributed by atoms with Crippen molar-refractivity contribution < 1.29 is 33.5 Å². The zero-order chi connectivity index (χ0) is 55.1. The van der Waals surface area contributed by atoms with Crippen molar-refractivity contribution in [3.05, 3.63) is 101 Å². The molecule has 1 saturated carbocycles. The molecule has 6 aromatic rings. The zero-order valence-corrected chi connectivity index (χ0v) is 46.2. The highest BCUT2D eigenvalue weighted by atomic mass is 32.1. The Morgan fingerprint density at radius 3 is 2.19 bits per heavy atom. The minimum Gasteiger partial charge on any atom is -0.391 e. The molecule has 3 aliphatic rings. The van der Waals surface area contributed by atoms with Gasteiger partial charge in [0.2, 0.25) is 23.6 Å². The van der Waals surface area contributed by atoms with Gasteiger partial charge in [-0.25, -0.2) is 19.3 Å². The molecule has 78 heavy (non-hydrogen) atoms.